The van der Waals surface area contributed by atoms with Gasteiger partial charge in [0.05, 0.1) is 0 Å². The van der Waals surface area contributed by atoms with Crippen molar-refractivity contribution in [3.8, 4) is 0 Å². The van der Waals surface area contributed by atoms with Crippen LogP contribution in [0.2, 0.25) is 0 Å². The Hall–Kier alpha value is 1.02. The fraction of sp³-hybridized carbons (Fsp3) is 1.00. The van der Waals surface area contributed by atoms with Gasteiger partial charge >= 0.3 is 7.15 Å². The number of thiol groups is 1. The molecule has 2 unspecified atom stereocenters. The second kappa shape index (κ2) is 5.63. The van der Waals surface area contributed by atoms with Gasteiger partial charge in [0.25, 0.3) is 0 Å². The number of rotatable bonds is 5. The van der Waals surface area contributed by atoms with Gasteiger partial charge in [-0.2, -0.15) is 0 Å². The third-order valence-corrected chi connectivity index (χ3v) is 6.00. The van der Waals surface area contributed by atoms with E-state index in [0.717, 1.165) is 12.8 Å². The Morgan fingerprint density at radius 2 is 2.36 bits per heavy atom. The normalized spacial score (nSPS) is 17.5. The summed E-state index contributed by atoms with van der Waals surface area (Å²) < 4.78 is 10.5. The molecule has 0 heterocycles. The second-order valence-electron chi connectivity index (χ2n) is 2.15. The SMILES string of the molecule is CCCCP(O)(=S)N[P+](=O)S. The summed E-state index contributed by atoms with van der Waals surface area (Å²) >= 11 is 8.42. The summed E-state index contributed by atoms with van der Waals surface area (Å²) in [7, 11) is -1.82. The Morgan fingerprint density at radius 1 is 1.82 bits per heavy atom. The van der Waals surface area contributed by atoms with E-state index in [1.54, 1.807) is 0 Å². The van der Waals surface area contributed by atoms with Crippen molar-refractivity contribution >= 4 is 37.6 Å². The van der Waals surface area contributed by atoms with Crippen LogP contribution in [0.25, 0.3) is 0 Å². The van der Waals surface area contributed by atoms with E-state index in [1.165, 1.54) is 0 Å². The van der Waals surface area contributed by atoms with Gasteiger partial charge in [-0.1, -0.05) is 13.3 Å². The smallest absolute Gasteiger partial charge is 0.351 e. The molecule has 0 aliphatic carbocycles. The fourth-order valence-corrected chi connectivity index (χ4v) is 5.70. The molecule has 3 nitrogen and oxygen atoms in total. The third-order valence-electron chi connectivity index (χ3n) is 1.06. The van der Waals surface area contributed by atoms with Crippen LogP contribution >= 0.6 is 25.8 Å². The lowest BCUT2D eigenvalue weighted by Crippen LogP contribution is -2.01. The minimum atomic E-state index is -2.54. The molecule has 0 radical (unpaired) electrons. The van der Waals surface area contributed by atoms with E-state index in [2.05, 4.69) is 17.1 Å². The molecule has 0 aromatic heterocycles. The predicted molar refractivity (Wildman–Crippen MR) is 56.0 cm³/mol. The Labute approximate surface area is 78.1 Å². The molecule has 0 aromatic rings. The topological polar surface area (TPSA) is 49.3 Å². The van der Waals surface area contributed by atoms with E-state index in [4.69, 9.17) is 11.8 Å². The van der Waals surface area contributed by atoms with Crippen LogP contribution in [0.1, 0.15) is 19.8 Å². The highest BCUT2D eigenvalue weighted by Crippen LogP contribution is 2.44. The van der Waals surface area contributed by atoms with Gasteiger partial charge in [0.15, 0.2) is 6.42 Å². The number of hydrogen-bond acceptors (Lipinski definition) is 2. The number of nitrogens with one attached hydrogen (secondary N) is 1. The summed E-state index contributed by atoms with van der Waals surface area (Å²) in [5.41, 5.74) is 0. The maximum absolute atomic E-state index is 10.5. The van der Waals surface area contributed by atoms with Gasteiger partial charge in [-0.05, 0) is 27.7 Å². The van der Waals surface area contributed by atoms with E-state index in [9.17, 15) is 9.46 Å². The van der Waals surface area contributed by atoms with Crippen molar-refractivity contribution in [2.75, 3.05) is 6.16 Å². The Bertz CT molecular complexity index is 187. The fourth-order valence-electron chi connectivity index (χ4n) is 0.556. The van der Waals surface area contributed by atoms with E-state index in [0.29, 0.717) is 6.16 Å². The number of hydrogen-bond donors (Lipinski definition) is 3. The Balaban J connectivity index is 3.80. The van der Waals surface area contributed by atoms with Crippen molar-refractivity contribution < 1.29 is 9.46 Å². The van der Waals surface area contributed by atoms with Gasteiger partial charge in [-0.25, -0.2) is 0 Å². The lowest BCUT2D eigenvalue weighted by molar-refractivity contribution is 0.587. The van der Waals surface area contributed by atoms with Crippen LogP contribution in [0.15, 0.2) is 0 Å². The maximum Gasteiger partial charge on any atom is 0.510 e. The van der Waals surface area contributed by atoms with Crippen molar-refractivity contribution in [2.45, 2.75) is 19.8 Å². The zero-order valence-electron chi connectivity index (χ0n) is 6.23. The van der Waals surface area contributed by atoms with E-state index in [-0.39, 0.29) is 0 Å². The minimum Gasteiger partial charge on any atom is -0.351 e. The number of unbranched alkanes of at least 4 members (excludes halogenated alkanes) is 1. The van der Waals surface area contributed by atoms with Crippen molar-refractivity contribution in [1.82, 2.24) is 4.86 Å². The van der Waals surface area contributed by atoms with Crippen LogP contribution < -0.4 is 4.86 Å². The van der Waals surface area contributed by atoms with Crippen LogP contribution in [0.3, 0.4) is 0 Å². The summed E-state index contributed by atoms with van der Waals surface area (Å²) in [4.78, 5) is 11.8. The van der Waals surface area contributed by atoms with Crippen molar-refractivity contribution in [1.29, 1.82) is 0 Å². The van der Waals surface area contributed by atoms with E-state index < -0.39 is 13.6 Å². The molecule has 0 saturated heterocycles. The highest BCUT2D eigenvalue weighted by Gasteiger charge is 2.21. The molecular weight excluding hydrogens is 220 g/mol. The molecule has 7 heteroatoms. The first-order valence-corrected chi connectivity index (χ1v) is 8.59. The first kappa shape index (κ1) is 12.0. The highest BCUT2D eigenvalue weighted by atomic mass is 32.7. The largest absolute Gasteiger partial charge is 0.510 e. The summed E-state index contributed by atoms with van der Waals surface area (Å²) in [6, 6.07) is 0. The summed E-state index contributed by atoms with van der Waals surface area (Å²) in [6.07, 6.45) is -0.179. The van der Waals surface area contributed by atoms with Gasteiger partial charge < -0.3 is 4.89 Å². The molecule has 0 aromatic carbocycles. The predicted octanol–water partition coefficient (Wildman–Crippen LogP) is 2.27. The molecule has 0 saturated carbocycles. The van der Waals surface area contributed by atoms with Gasteiger partial charge in [-0.15, -0.1) is 0 Å². The first-order valence-electron chi connectivity index (χ1n) is 3.24. The Morgan fingerprint density at radius 3 is 2.73 bits per heavy atom. The highest BCUT2D eigenvalue weighted by molar-refractivity contribution is 8.41. The maximum atomic E-state index is 10.5. The molecule has 11 heavy (non-hydrogen) atoms. The van der Waals surface area contributed by atoms with Crippen LogP contribution in [-0.4, -0.2) is 11.1 Å². The van der Waals surface area contributed by atoms with E-state index in [1.807, 2.05) is 6.92 Å². The molecule has 66 valence electrons. The van der Waals surface area contributed by atoms with Crippen LogP contribution in [0.5, 0.6) is 0 Å². The summed E-state index contributed by atoms with van der Waals surface area (Å²) in [5.74, 6) is 0. The van der Waals surface area contributed by atoms with Crippen molar-refractivity contribution in [3.05, 3.63) is 0 Å². The lowest BCUT2D eigenvalue weighted by atomic mass is 10.4. The molecule has 0 rings (SSSR count). The molecule has 0 fully saturated rings. The molecule has 2 N–H and O–H groups in total. The average molecular weight is 232 g/mol. The third kappa shape index (κ3) is 7.38. The molecule has 0 aliphatic rings. The van der Waals surface area contributed by atoms with Gasteiger partial charge in [0, 0.05) is 6.16 Å². The first-order chi connectivity index (χ1) is 4.98. The lowest BCUT2D eigenvalue weighted by Gasteiger charge is -2.07. The average Bonchev–Trinajstić information content (AvgIpc) is 1.81. The summed E-state index contributed by atoms with van der Waals surface area (Å²) in [6.45, 7) is 2.01. The van der Waals surface area contributed by atoms with Crippen molar-refractivity contribution in [2.24, 2.45) is 0 Å². The minimum absolute atomic E-state index is 0.528. The van der Waals surface area contributed by atoms with E-state index >= 15 is 0 Å². The second-order valence-corrected chi connectivity index (χ2v) is 8.25. The summed E-state index contributed by atoms with van der Waals surface area (Å²) in [5, 5.41) is 0. The standard InChI is InChI=1S/C4H11NO2P2S2/c1-2-3-4-9(7,11)5-8(6)10/h2-4H2,1H3,(H2-,5,6,7,10,11)/p+1. The van der Waals surface area contributed by atoms with Gasteiger partial charge in [0.2, 0.25) is 0 Å². The molecule has 2 atom stereocenters. The molecule has 0 spiro atoms. The van der Waals surface area contributed by atoms with Gasteiger partial charge in [0.1, 0.15) is 12.2 Å². The van der Waals surface area contributed by atoms with Gasteiger partial charge in [-0.3, -0.25) is 0 Å². The zero-order valence-corrected chi connectivity index (χ0v) is 9.73. The molecule has 0 bridgehead atoms. The van der Waals surface area contributed by atoms with Crippen LogP contribution in [-0.2, 0) is 16.4 Å². The molecule has 0 aliphatic heterocycles. The molecule has 0 amide bonds. The van der Waals surface area contributed by atoms with Crippen molar-refractivity contribution in [3.63, 3.8) is 0 Å². The zero-order chi connectivity index (χ0) is 8.91. The quantitative estimate of drug-likeness (QED) is 0.502. The Kier molecular flexibility index (Phi) is 6.15. The molecular formula is C4H12NO2P2S2+. The van der Waals surface area contributed by atoms with Crippen LogP contribution in [0.4, 0.5) is 0 Å². The van der Waals surface area contributed by atoms with Crippen LogP contribution in [0, 0.1) is 0 Å². The monoisotopic (exact) mass is 232 g/mol.